The van der Waals surface area contributed by atoms with Gasteiger partial charge in [0.1, 0.15) is 6.04 Å². The quantitative estimate of drug-likeness (QED) is 0.413. The van der Waals surface area contributed by atoms with Gasteiger partial charge in [-0.05, 0) is 42.0 Å². The standard InChI is InChI=1S/C28H27BrN2O2/c29-25-18-10-9-17-24(25)26(27(32)30-19-21-11-3-1-4-12-21)31(20-22-13-5-2-6-14-22)28(33)23-15-7-8-16-23/h1-6,9-15,17-18,26H,7-8,16,19-20H2,(H,30,32). The van der Waals surface area contributed by atoms with E-state index in [9.17, 15) is 9.59 Å². The first-order valence-corrected chi connectivity index (χ1v) is 12.0. The molecule has 168 valence electrons. The summed E-state index contributed by atoms with van der Waals surface area (Å²) in [5.41, 5.74) is 3.55. The number of amides is 2. The van der Waals surface area contributed by atoms with E-state index in [1.54, 1.807) is 4.90 Å². The van der Waals surface area contributed by atoms with E-state index < -0.39 is 6.04 Å². The number of carbonyl (C=O) groups excluding carboxylic acids is 2. The van der Waals surface area contributed by atoms with Gasteiger partial charge in [-0.3, -0.25) is 9.59 Å². The van der Waals surface area contributed by atoms with Gasteiger partial charge in [0.05, 0.1) is 0 Å². The van der Waals surface area contributed by atoms with Crippen LogP contribution >= 0.6 is 15.9 Å². The van der Waals surface area contributed by atoms with Crippen molar-refractivity contribution in [3.63, 3.8) is 0 Å². The Kier molecular flexibility index (Phi) is 7.74. The molecule has 5 heteroatoms. The maximum absolute atomic E-state index is 13.7. The third-order valence-electron chi connectivity index (χ3n) is 5.84. The summed E-state index contributed by atoms with van der Waals surface area (Å²) in [6.45, 7) is 0.748. The molecule has 3 aromatic rings. The van der Waals surface area contributed by atoms with Crippen LogP contribution in [0, 0.1) is 0 Å². The highest BCUT2D eigenvalue weighted by Gasteiger charge is 2.34. The Morgan fingerprint density at radius 3 is 2.15 bits per heavy atom. The monoisotopic (exact) mass is 502 g/mol. The molecule has 0 aliphatic heterocycles. The molecule has 0 heterocycles. The van der Waals surface area contributed by atoms with Gasteiger partial charge >= 0.3 is 0 Å². The number of hydrogen-bond acceptors (Lipinski definition) is 2. The van der Waals surface area contributed by atoms with Crippen LogP contribution in [-0.4, -0.2) is 16.7 Å². The minimum absolute atomic E-state index is 0.0769. The Hall–Kier alpha value is -3.18. The first-order chi connectivity index (χ1) is 16.1. The smallest absolute Gasteiger partial charge is 0.250 e. The molecule has 3 aromatic carbocycles. The summed E-state index contributed by atoms with van der Waals surface area (Å²) < 4.78 is 0.802. The van der Waals surface area contributed by atoms with E-state index in [-0.39, 0.29) is 11.8 Å². The Balaban J connectivity index is 1.71. The van der Waals surface area contributed by atoms with E-state index >= 15 is 0 Å². The van der Waals surface area contributed by atoms with E-state index in [0.29, 0.717) is 13.1 Å². The summed E-state index contributed by atoms with van der Waals surface area (Å²) in [5, 5.41) is 3.06. The van der Waals surface area contributed by atoms with Crippen LogP contribution in [0.1, 0.15) is 42.0 Å². The minimum atomic E-state index is -0.765. The maximum Gasteiger partial charge on any atom is 0.250 e. The molecule has 1 unspecified atom stereocenters. The summed E-state index contributed by atoms with van der Waals surface area (Å²) in [6, 6.07) is 26.5. The van der Waals surface area contributed by atoms with Crippen LogP contribution in [0.4, 0.5) is 0 Å². The topological polar surface area (TPSA) is 49.4 Å². The molecule has 2 amide bonds. The third-order valence-corrected chi connectivity index (χ3v) is 6.56. The van der Waals surface area contributed by atoms with Gasteiger partial charge < -0.3 is 10.2 Å². The molecular formula is C28H27BrN2O2. The molecule has 0 bridgehead atoms. The molecule has 4 nitrogen and oxygen atoms in total. The number of allylic oxidation sites excluding steroid dienone is 1. The summed E-state index contributed by atoms with van der Waals surface area (Å²) in [5.74, 6) is -0.277. The molecule has 1 atom stereocenters. The van der Waals surface area contributed by atoms with Gasteiger partial charge in [-0.1, -0.05) is 101 Å². The van der Waals surface area contributed by atoms with Crippen molar-refractivity contribution < 1.29 is 9.59 Å². The van der Waals surface area contributed by atoms with E-state index in [2.05, 4.69) is 21.2 Å². The lowest BCUT2D eigenvalue weighted by Gasteiger charge is -2.32. The van der Waals surface area contributed by atoms with Crippen molar-refractivity contribution in [1.29, 1.82) is 0 Å². The van der Waals surface area contributed by atoms with Gasteiger partial charge in [-0.2, -0.15) is 0 Å². The summed E-state index contributed by atoms with van der Waals surface area (Å²) in [4.78, 5) is 29.1. The molecule has 0 saturated carbocycles. The van der Waals surface area contributed by atoms with Crippen molar-refractivity contribution in [2.45, 2.75) is 38.4 Å². The van der Waals surface area contributed by atoms with Gasteiger partial charge in [0, 0.05) is 23.1 Å². The SMILES string of the molecule is O=C(NCc1ccccc1)C(c1ccccc1Br)N(Cc1ccccc1)C(=O)C1=CCCC1. The Morgan fingerprint density at radius 2 is 1.52 bits per heavy atom. The second kappa shape index (κ2) is 11.1. The first kappa shape index (κ1) is 23.0. The predicted molar refractivity (Wildman–Crippen MR) is 134 cm³/mol. The number of carbonyl (C=O) groups is 2. The van der Waals surface area contributed by atoms with Gasteiger partial charge in [-0.15, -0.1) is 0 Å². The number of halogens is 1. The second-order valence-electron chi connectivity index (χ2n) is 8.17. The molecule has 0 aromatic heterocycles. The molecule has 1 aliphatic carbocycles. The lowest BCUT2D eigenvalue weighted by molar-refractivity contribution is -0.139. The zero-order valence-electron chi connectivity index (χ0n) is 18.4. The number of rotatable bonds is 8. The zero-order chi connectivity index (χ0) is 23.0. The highest BCUT2D eigenvalue weighted by Crippen LogP contribution is 2.32. The summed E-state index contributed by atoms with van der Waals surface area (Å²) >= 11 is 3.62. The highest BCUT2D eigenvalue weighted by atomic mass is 79.9. The number of nitrogens with zero attached hydrogens (tertiary/aromatic N) is 1. The molecule has 0 saturated heterocycles. The lowest BCUT2D eigenvalue weighted by Crippen LogP contribution is -2.43. The van der Waals surface area contributed by atoms with Crippen LogP contribution < -0.4 is 5.32 Å². The van der Waals surface area contributed by atoms with Crippen LogP contribution in [0.3, 0.4) is 0 Å². The fourth-order valence-corrected chi connectivity index (χ4v) is 4.64. The molecule has 0 spiro atoms. The third kappa shape index (κ3) is 5.79. The number of nitrogens with one attached hydrogen (secondary N) is 1. The van der Waals surface area contributed by atoms with E-state index in [0.717, 1.165) is 46.0 Å². The van der Waals surface area contributed by atoms with Crippen molar-refractivity contribution in [3.8, 4) is 0 Å². The van der Waals surface area contributed by atoms with Gasteiger partial charge in [0.2, 0.25) is 5.91 Å². The van der Waals surface area contributed by atoms with Crippen LogP contribution in [-0.2, 0) is 22.7 Å². The van der Waals surface area contributed by atoms with Gasteiger partial charge in [0.25, 0.3) is 5.91 Å². The zero-order valence-corrected chi connectivity index (χ0v) is 20.0. The number of hydrogen-bond donors (Lipinski definition) is 1. The van der Waals surface area contributed by atoms with Crippen molar-refractivity contribution >= 4 is 27.7 Å². The molecular weight excluding hydrogens is 476 g/mol. The fourth-order valence-electron chi connectivity index (χ4n) is 4.14. The van der Waals surface area contributed by atoms with Crippen LogP contribution in [0.5, 0.6) is 0 Å². The van der Waals surface area contributed by atoms with Gasteiger partial charge in [0.15, 0.2) is 0 Å². The Bertz CT molecular complexity index is 1130. The van der Waals surface area contributed by atoms with Crippen molar-refractivity contribution in [1.82, 2.24) is 10.2 Å². The molecule has 0 radical (unpaired) electrons. The van der Waals surface area contributed by atoms with E-state index in [1.807, 2.05) is 91.0 Å². The van der Waals surface area contributed by atoms with Crippen molar-refractivity contribution in [2.24, 2.45) is 0 Å². The second-order valence-corrected chi connectivity index (χ2v) is 9.02. The Morgan fingerprint density at radius 1 is 0.879 bits per heavy atom. The summed E-state index contributed by atoms with van der Waals surface area (Å²) in [7, 11) is 0. The average molecular weight is 503 g/mol. The van der Waals surface area contributed by atoms with Crippen LogP contribution in [0.25, 0.3) is 0 Å². The molecule has 33 heavy (non-hydrogen) atoms. The molecule has 1 N–H and O–H groups in total. The van der Waals surface area contributed by atoms with E-state index in [4.69, 9.17) is 0 Å². The van der Waals surface area contributed by atoms with E-state index in [1.165, 1.54) is 0 Å². The maximum atomic E-state index is 13.7. The van der Waals surface area contributed by atoms with Gasteiger partial charge in [-0.25, -0.2) is 0 Å². The molecule has 4 rings (SSSR count). The average Bonchev–Trinajstić information content (AvgIpc) is 3.39. The highest BCUT2D eigenvalue weighted by molar-refractivity contribution is 9.10. The summed E-state index contributed by atoms with van der Waals surface area (Å²) in [6.07, 6.45) is 4.64. The Labute approximate surface area is 203 Å². The lowest BCUT2D eigenvalue weighted by atomic mass is 10.0. The molecule has 1 aliphatic rings. The first-order valence-electron chi connectivity index (χ1n) is 11.2. The van der Waals surface area contributed by atoms with Crippen LogP contribution in [0.15, 0.2) is 101 Å². The predicted octanol–water partition coefficient (Wildman–Crippen LogP) is 5.95. The molecule has 0 fully saturated rings. The number of benzene rings is 3. The largest absolute Gasteiger partial charge is 0.350 e. The normalized spacial score (nSPS) is 13.8. The van der Waals surface area contributed by atoms with Crippen molar-refractivity contribution in [2.75, 3.05) is 0 Å². The minimum Gasteiger partial charge on any atom is -0.350 e. The fraction of sp³-hybridized carbons (Fsp3) is 0.214. The van der Waals surface area contributed by atoms with Crippen molar-refractivity contribution in [3.05, 3.63) is 118 Å². The van der Waals surface area contributed by atoms with Crippen LogP contribution in [0.2, 0.25) is 0 Å².